The van der Waals surface area contributed by atoms with E-state index in [0.29, 0.717) is 6.42 Å². The van der Waals surface area contributed by atoms with Crippen molar-refractivity contribution in [3.8, 4) is 17.1 Å². The highest BCUT2D eigenvalue weighted by molar-refractivity contribution is 5.95. The van der Waals surface area contributed by atoms with Crippen LogP contribution in [0.5, 0.6) is 5.75 Å². The van der Waals surface area contributed by atoms with Crippen molar-refractivity contribution in [3.05, 3.63) is 42.5 Å². The van der Waals surface area contributed by atoms with Crippen molar-refractivity contribution in [3.63, 3.8) is 0 Å². The Morgan fingerprint density at radius 2 is 2.09 bits per heavy atom. The molecule has 22 heavy (non-hydrogen) atoms. The van der Waals surface area contributed by atoms with Gasteiger partial charge >= 0.3 is 0 Å². The molecule has 5 heteroatoms. The average molecular weight is 295 g/mol. The first-order valence-corrected chi connectivity index (χ1v) is 7.14. The summed E-state index contributed by atoms with van der Waals surface area (Å²) in [6, 6.07) is 13.3. The largest absolute Gasteiger partial charge is 0.497 e. The maximum atomic E-state index is 11.7. The molecule has 5 nitrogen and oxygen atoms in total. The third kappa shape index (κ3) is 2.65. The van der Waals surface area contributed by atoms with Crippen molar-refractivity contribution in [2.75, 3.05) is 12.4 Å². The zero-order valence-corrected chi connectivity index (χ0v) is 12.5. The Bertz CT molecular complexity index is 824. The number of hydrogen-bond donors (Lipinski definition) is 2. The Balaban J connectivity index is 2.05. The van der Waals surface area contributed by atoms with Crippen molar-refractivity contribution in [2.45, 2.75) is 13.3 Å². The fourth-order valence-electron chi connectivity index (χ4n) is 2.28. The van der Waals surface area contributed by atoms with E-state index in [0.717, 1.165) is 33.9 Å². The summed E-state index contributed by atoms with van der Waals surface area (Å²) in [5.74, 6) is 1.46. The van der Waals surface area contributed by atoms with Gasteiger partial charge in [0.2, 0.25) is 5.91 Å². The number of imidazole rings is 1. The number of rotatable bonds is 4. The molecule has 0 saturated carbocycles. The van der Waals surface area contributed by atoms with Gasteiger partial charge in [-0.3, -0.25) is 4.79 Å². The van der Waals surface area contributed by atoms with Crippen molar-refractivity contribution >= 4 is 22.6 Å². The minimum Gasteiger partial charge on any atom is -0.497 e. The van der Waals surface area contributed by atoms with Gasteiger partial charge in [0.05, 0.1) is 23.8 Å². The molecule has 112 valence electrons. The summed E-state index contributed by atoms with van der Waals surface area (Å²) in [6.45, 7) is 1.82. The van der Waals surface area contributed by atoms with Gasteiger partial charge in [-0.25, -0.2) is 4.98 Å². The summed E-state index contributed by atoms with van der Waals surface area (Å²) in [5, 5.41) is 2.90. The van der Waals surface area contributed by atoms with Crippen LogP contribution in [0.15, 0.2) is 42.5 Å². The van der Waals surface area contributed by atoms with Crippen LogP contribution in [0.4, 0.5) is 5.69 Å². The Kier molecular flexibility index (Phi) is 3.78. The molecular formula is C17H17N3O2. The summed E-state index contributed by atoms with van der Waals surface area (Å²) in [7, 11) is 1.63. The first-order chi connectivity index (χ1) is 10.7. The fourth-order valence-corrected chi connectivity index (χ4v) is 2.28. The standard InChI is InChI=1S/C17H17N3O2/c1-3-16(21)18-13-7-5-4-6-12(13)17-19-14-9-8-11(22-2)10-15(14)20-17/h4-10H,3H2,1-2H3,(H,18,21)(H,19,20). The SMILES string of the molecule is CCC(=O)Nc1ccccc1-c1nc2cc(OC)ccc2[nH]1. The smallest absolute Gasteiger partial charge is 0.224 e. The van der Waals surface area contributed by atoms with E-state index in [2.05, 4.69) is 15.3 Å². The molecule has 1 amide bonds. The molecule has 0 atom stereocenters. The Morgan fingerprint density at radius 1 is 1.27 bits per heavy atom. The van der Waals surface area contributed by atoms with E-state index in [-0.39, 0.29) is 5.91 Å². The van der Waals surface area contributed by atoms with Gasteiger partial charge in [-0.2, -0.15) is 0 Å². The molecule has 0 unspecified atom stereocenters. The van der Waals surface area contributed by atoms with E-state index in [1.165, 1.54) is 0 Å². The fraction of sp³-hybridized carbons (Fsp3) is 0.176. The van der Waals surface area contributed by atoms with E-state index >= 15 is 0 Å². The van der Waals surface area contributed by atoms with Crippen molar-refractivity contribution in [1.29, 1.82) is 0 Å². The highest BCUT2D eigenvalue weighted by atomic mass is 16.5. The van der Waals surface area contributed by atoms with Crippen LogP contribution in [0.3, 0.4) is 0 Å². The molecule has 0 aliphatic rings. The maximum Gasteiger partial charge on any atom is 0.224 e. The van der Waals surface area contributed by atoms with Gasteiger partial charge in [0.15, 0.2) is 0 Å². The van der Waals surface area contributed by atoms with Crippen LogP contribution in [0.1, 0.15) is 13.3 Å². The Hall–Kier alpha value is -2.82. The number of ether oxygens (including phenoxy) is 1. The number of aromatic nitrogens is 2. The second kappa shape index (κ2) is 5.89. The highest BCUT2D eigenvalue weighted by Crippen LogP contribution is 2.28. The minimum absolute atomic E-state index is 0.0229. The summed E-state index contributed by atoms with van der Waals surface area (Å²) in [4.78, 5) is 19.5. The third-order valence-electron chi connectivity index (χ3n) is 3.47. The molecule has 3 aromatic rings. The van der Waals surface area contributed by atoms with E-state index in [1.54, 1.807) is 7.11 Å². The number of hydrogen-bond acceptors (Lipinski definition) is 3. The normalized spacial score (nSPS) is 10.6. The number of nitrogens with one attached hydrogen (secondary N) is 2. The molecule has 2 N–H and O–H groups in total. The van der Waals surface area contributed by atoms with E-state index in [1.807, 2.05) is 49.4 Å². The van der Waals surface area contributed by atoms with Gasteiger partial charge in [-0.05, 0) is 24.3 Å². The van der Waals surface area contributed by atoms with Crippen LogP contribution in [0.25, 0.3) is 22.4 Å². The van der Waals surface area contributed by atoms with E-state index in [4.69, 9.17) is 4.74 Å². The molecule has 1 aromatic heterocycles. The number of carbonyl (C=O) groups is 1. The number of methoxy groups -OCH3 is 1. The molecule has 3 rings (SSSR count). The van der Waals surface area contributed by atoms with Gasteiger partial charge in [0.25, 0.3) is 0 Å². The van der Waals surface area contributed by atoms with Crippen molar-refractivity contribution in [1.82, 2.24) is 9.97 Å². The summed E-state index contributed by atoms with van der Waals surface area (Å²) >= 11 is 0. The zero-order valence-electron chi connectivity index (χ0n) is 12.5. The van der Waals surface area contributed by atoms with Crippen LogP contribution in [0.2, 0.25) is 0 Å². The molecule has 0 radical (unpaired) electrons. The van der Waals surface area contributed by atoms with Gasteiger partial charge in [0.1, 0.15) is 11.6 Å². The van der Waals surface area contributed by atoms with Crippen molar-refractivity contribution in [2.24, 2.45) is 0 Å². The van der Waals surface area contributed by atoms with Crippen LogP contribution < -0.4 is 10.1 Å². The number of nitrogens with zero attached hydrogens (tertiary/aromatic N) is 1. The number of anilines is 1. The number of fused-ring (bicyclic) bond motifs is 1. The summed E-state index contributed by atoms with van der Waals surface area (Å²) in [6.07, 6.45) is 0.436. The van der Waals surface area contributed by atoms with Crippen LogP contribution in [-0.4, -0.2) is 23.0 Å². The maximum absolute atomic E-state index is 11.7. The lowest BCUT2D eigenvalue weighted by Crippen LogP contribution is -2.10. The molecule has 0 saturated heterocycles. The molecule has 2 aromatic carbocycles. The number of aromatic amines is 1. The number of carbonyl (C=O) groups excluding carboxylic acids is 1. The second-order valence-corrected chi connectivity index (χ2v) is 4.92. The van der Waals surface area contributed by atoms with Gasteiger partial charge in [-0.15, -0.1) is 0 Å². The molecule has 0 aliphatic carbocycles. The molecule has 0 fully saturated rings. The lowest BCUT2D eigenvalue weighted by molar-refractivity contribution is -0.115. The molecule has 0 bridgehead atoms. The van der Waals surface area contributed by atoms with Crippen molar-refractivity contribution < 1.29 is 9.53 Å². The third-order valence-corrected chi connectivity index (χ3v) is 3.47. The molecule has 1 heterocycles. The monoisotopic (exact) mass is 295 g/mol. The zero-order chi connectivity index (χ0) is 15.5. The lowest BCUT2D eigenvalue weighted by atomic mass is 10.1. The van der Waals surface area contributed by atoms with Crippen LogP contribution >= 0.6 is 0 Å². The molecule has 0 spiro atoms. The summed E-state index contributed by atoms with van der Waals surface area (Å²) < 4.78 is 5.22. The number of H-pyrrole nitrogens is 1. The van der Waals surface area contributed by atoms with Gasteiger partial charge in [-0.1, -0.05) is 19.1 Å². The van der Waals surface area contributed by atoms with Crippen LogP contribution in [-0.2, 0) is 4.79 Å². The molecular weight excluding hydrogens is 278 g/mol. The summed E-state index contributed by atoms with van der Waals surface area (Å²) in [5.41, 5.74) is 3.36. The molecule has 0 aliphatic heterocycles. The second-order valence-electron chi connectivity index (χ2n) is 4.92. The van der Waals surface area contributed by atoms with E-state index < -0.39 is 0 Å². The first-order valence-electron chi connectivity index (χ1n) is 7.14. The number of benzene rings is 2. The van der Waals surface area contributed by atoms with Gasteiger partial charge < -0.3 is 15.0 Å². The number of para-hydroxylation sites is 1. The predicted molar refractivity (Wildman–Crippen MR) is 87.0 cm³/mol. The lowest BCUT2D eigenvalue weighted by Gasteiger charge is -2.08. The topological polar surface area (TPSA) is 67.0 Å². The quantitative estimate of drug-likeness (QED) is 0.773. The Morgan fingerprint density at radius 3 is 2.86 bits per heavy atom. The highest BCUT2D eigenvalue weighted by Gasteiger charge is 2.11. The van der Waals surface area contributed by atoms with Gasteiger partial charge in [0, 0.05) is 18.1 Å². The number of amides is 1. The van der Waals surface area contributed by atoms with E-state index in [9.17, 15) is 4.79 Å². The van der Waals surface area contributed by atoms with Crippen LogP contribution in [0, 0.1) is 0 Å². The predicted octanol–water partition coefficient (Wildman–Crippen LogP) is 3.59. The average Bonchev–Trinajstić information content (AvgIpc) is 2.97. The first kappa shape index (κ1) is 14.1. The Labute approximate surface area is 128 Å². The minimum atomic E-state index is -0.0229.